The first kappa shape index (κ1) is 23.3. The molecule has 0 amide bonds. The van der Waals surface area contributed by atoms with Crippen LogP contribution in [0.15, 0.2) is 48.5 Å². The highest BCUT2D eigenvalue weighted by Crippen LogP contribution is 2.32. The smallest absolute Gasteiger partial charge is 0.269 e. The highest BCUT2D eigenvalue weighted by molar-refractivity contribution is 6.10. The van der Waals surface area contributed by atoms with Gasteiger partial charge in [-0.3, -0.25) is 14.9 Å². The van der Waals surface area contributed by atoms with Gasteiger partial charge in [-0.2, -0.15) is 0 Å². The summed E-state index contributed by atoms with van der Waals surface area (Å²) >= 11 is 0. The largest absolute Gasteiger partial charge is 0.507 e. The second kappa shape index (κ2) is 9.85. The van der Waals surface area contributed by atoms with Gasteiger partial charge in [0.1, 0.15) is 41.5 Å². The van der Waals surface area contributed by atoms with Crippen molar-refractivity contribution in [2.75, 3.05) is 6.61 Å². The number of carbonyl (C=O) groups is 1. The SMILES string of the molecule is O=C(/C=C/c1ccc([N+](=O)[O-])cc1)c1c(O)cccc1O[C@H]1OC(CO)C(O)C(O)C1O. The van der Waals surface area contributed by atoms with Crippen LogP contribution in [0, 0.1) is 10.1 Å². The highest BCUT2D eigenvalue weighted by Gasteiger charge is 2.45. The number of nitro groups is 1. The number of rotatable bonds is 7. The van der Waals surface area contributed by atoms with Gasteiger partial charge in [-0.15, -0.1) is 0 Å². The highest BCUT2D eigenvalue weighted by atomic mass is 16.7. The van der Waals surface area contributed by atoms with E-state index in [1.807, 2.05) is 0 Å². The van der Waals surface area contributed by atoms with Crippen molar-refractivity contribution in [3.63, 3.8) is 0 Å². The Labute approximate surface area is 181 Å². The van der Waals surface area contributed by atoms with Crippen LogP contribution in [-0.4, -0.2) is 73.6 Å². The molecule has 5 atom stereocenters. The van der Waals surface area contributed by atoms with Crippen LogP contribution >= 0.6 is 0 Å². The molecule has 32 heavy (non-hydrogen) atoms. The van der Waals surface area contributed by atoms with Crippen LogP contribution in [0.1, 0.15) is 15.9 Å². The maximum absolute atomic E-state index is 12.7. The van der Waals surface area contributed by atoms with Crippen molar-refractivity contribution in [1.29, 1.82) is 0 Å². The summed E-state index contributed by atoms with van der Waals surface area (Å²) in [4.78, 5) is 22.9. The maximum Gasteiger partial charge on any atom is 0.269 e. The molecule has 0 spiro atoms. The number of nitrogens with zero attached hydrogens (tertiary/aromatic N) is 1. The lowest BCUT2D eigenvalue weighted by molar-refractivity contribution is -0.384. The Morgan fingerprint density at radius 2 is 1.78 bits per heavy atom. The molecule has 0 aromatic heterocycles. The zero-order chi connectivity index (χ0) is 23.4. The first-order valence-corrected chi connectivity index (χ1v) is 9.49. The number of non-ortho nitro benzene ring substituents is 1. The lowest BCUT2D eigenvalue weighted by atomic mass is 9.99. The van der Waals surface area contributed by atoms with E-state index in [-0.39, 0.29) is 17.0 Å². The molecular weight excluding hydrogens is 426 g/mol. The van der Waals surface area contributed by atoms with Crippen LogP contribution in [0.5, 0.6) is 11.5 Å². The lowest BCUT2D eigenvalue weighted by Gasteiger charge is -2.39. The molecule has 2 aromatic carbocycles. The van der Waals surface area contributed by atoms with Crippen molar-refractivity contribution in [2.45, 2.75) is 30.7 Å². The van der Waals surface area contributed by atoms with Gasteiger partial charge < -0.3 is 35.0 Å². The minimum atomic E-state index is -1.70. The molecule has 1 heterocycles. The average molecular weight is 447 g/mol. The van der Waals surface area contributed by atoms with Gasteiger partial charge in [0.15, 0.2) is 5.78 Å². The van der Waals surface area contributed by atoms with Crippen molar-refractivity contribution in [3.05, 3.63) is 69.8 Å². The number of phenols is 1. The van der Waals surface area contributed by atoms with Gasteiger partial charge in [0.05, 0.1) is 11.5 Å². The van der Waals surface area contributed by atoms with E-state index < -0.39 is 53.8 Å². The number of aliphatic hydroxyl groups excluding tert-OH is 4. The molecule has 1 aliphatic rings. The topological polar surface area (TPSA) is 180 Å². The molecule has 0 aliphatic carbocycles. The Kier molecular flexibility index (Phi) is 7.18. The van der Waals surface area contributed by atoms with Gasteiger partial charge in [0, 0.05) is 12.1 Å². The second-order valence-electron chi connectivity index (χ2n) is 7.01. The summed E-state index contributed by atoms with van der Waals surface area (Å²) in [5.41, 5.74) is 0.128. The first-order chi connectivity index (χ1) is 15.2. The number of ether oxygens (including phenoxy) is 2. The molecule has 2 aromatic rings. The van der Waals surface area contributed by atoms with Crippen LogP contribution in [0.4, 0.5) is 5.69 Å². The summed E-state index contributed by atoms with van der Waals surface area (Å²) in [5, 5.41) is 60.1. The Balaban J connectivity index is 1.82. The van der Waals surface area contributed by atoms with Gasteiger partial charge >= 0.3 is 0 Å². The minimum Gasteiger partial charge on any atom is -0.507 e. The normalized spacial score (nSPS) is 25.6. The van der Waals surface area contributed by atoms with Gasteiger partial charge in [-0.05, 0) is 35.9 Å². The number of phenolic OH excluding ortho intramolecular Hbond substituents is 1. The van der Waals surface area contributed by atoms with Crippen LogP contribution in [0.2, 0.25) is 0 Å². The monoisotopic (exact) mass is 447 g/mol. The first-order valence-electron chi connectivity index (χ1n) is 9.49. The summed E-state index contributed by atoms with van der Waals surface area (Å²) < 4.78 is 10.8. The number of aliphatic hydroxyl groups is 4. The molecule has 1 aliphatic heterocycles. The molecule has 1 fully saturated rings. The summed E-state index contributed by atoms with van der Waals surface area (Å²) in [6.07, 6.45) is -5.20. The molecule has 0 radical (unpaired) electrons. The number of hydrogen-bond donors (Lipinski definition) is 5. The summed E-state index contributed by atoms with van der Waals surface area (Å²) in [5.74, 6) is -1.28. The van der Waals surface area contributed by atoms with Crippen LogP contribution < -0.4 is 4.74 Å². The zero-order valence-electron chi connectivity index (χ0n) is 16.5. The average Bonchev–Trinajstić information content (AvgIpc) is 2.78. The summed E-state index contributed by atoms with van der Waals surface area (Å²) in [6.45, 7) is -0.658. The van der Waals surface area contributed by atoms with Gasteiger partial charge in [0.2, 0.25) is 6.29 Å². The Morgan fingerprint density at radius 3 is 2.41 bits per heavy atom. The van der Waals surface area contributed by atoms with Gasteiger partial charge in [-0.25, -0.2) is 0 Å². The van der Waals surface area contributed by atoms with Crippen molar-refractivity contribution in [2.24, 2.45) is 0 Å². The van der Waals surface area contributed by atoms with E-state index >= 15 is 0 Å². The van der Waals surface area contributed by atoms with E-state index in [1.54, 1.807) is 0 Å². The molecule has 11 heteroatoms. The number of nitro benzene ring substituents is 1. The maximum atomic E-state index is 12.7. The Morgan fingerprint density at radius 1 is 1.09 bits per heavy atom. The van der Waals surface area contributed by atoms with Crippen LogP contribution in [0.25, 0.3) is 6.08 Å². The molecule has 4 unspecified atom stereocenters. The third-order valence-corrected chi connectivity index (χ3v) is 4.87. The van der Waals surface area contributed by atoms with Crippen LogP contribution in [-0.2, 0) is 4.74 Å². The third-order valence-electron chi connectivity index (χ3n) is 4.87. The minimum absolute atomic E-state index is 0.107. The second-order valence-corrected chi connectivity index (χ2v) is 7.01. The molecule has 170 valence electrons. The summed E-state index contributed by atoms with van der Waals surface area (Å²) in [7, 11) is 0. The van der Waals surface area contributed by atoms with Gasteiger partial charge in [-0.1, -0.05) is 12.1 Å². The predicted octanol–water partition coefficient (Wildman–Crippen LogP) is 0.375. The molecule has 0 bridgehead atoms. The number of hydrogen-bond acceptors (Lipinski definition) is 10. The number of carbonyl (C=O) groups excluding carboxylic acids is 1. The van der Waals surface area contributed by atoms with E-state index in [2.05, 4.69) is 0 Å². The molecule has 11 nitrogen and oxygen atoms in total. The van der Waals surface area contributed by atoms with E-state index in [1.165, 1.54) is 48.5 Å². The zero-order valence-corrected chi connectivity index (χ0v) is 16.5. The van der Waals surface area contributed by atoms with Crippen molar-refractivity contribution < 1.29 is 44.7 Å². The van der Waals surface area contributed by atoms with Crippen molar-refractivity contribution >= 4 is 17.5 Å². The number of allylic oxidation sites excluding steroid dienone is 1. The van der Waals surface area contributed by atoms with Crippen molar-refractivity contribution in [3.8, 4) is 11.5 Å². The van der Waals surface area contributed by atoms with Gasteiger partial charge in [0.25, 0.3) is 5.69 Å². The van der Waals surface area contributed by atoms with Crippen LogP contribution in [0.3, 0.4) is 0 Å². The standard InChI is InChI=1S/C21H21NO10/c23-10-16-18(26)19(27)20(28)21(32-16)31-15-3-1-2-13(24)17(15)14(25)9-6-11-4-7-12(8-5-11)22(29)30/h1-9,16,18-21,23-24,26-28H,10H2/b9-6+/t16?,18?,19?,20?,21-/m0/s1. The fourth-order valence-corrected chi connectivity index (χ4v) is 3.12. The molecule has 3 rings (SSSR count). The summed E-state index contributed by atoms with van der Waals surface area (Å²) in [6, 6.07) is 9.39. The predicted molar refractivity (Wildman–Crippen MR) is 109 cm³/mol. The van der Waals surface area contributed by atoms with Crippen molar-refractivity contribution in [1.82, 2.24) is 0 Å². The fraction of sp³-hybridized carbons (Fsp3) is 0.286. The molecular formula is C21H21NO10. The molecule has 0 saturated carbocycles. The number of benzene rings is 2. The van der Waals surface area contributed by atoms with E-state index in [4.69, 9.17) is 9.47 Å². The third kappa shape index (κ3) is 4.93. The fourth-order valence-electron chi connectivity index (χ4n) is 3.12. The Bertz CT molecular complexity index is 1000. The number of ketones is 1. The quantitative estimate of drug-likeness (QED) is 0.172. The molecule has 5 N–H and O–H groups in total. The Hall–Kier alpha value is -3.35. The number of aromatic hydroxyl groups is 1. The lowest BCUT2D eigenvalue weighted by Crippen LogP contribution is -2.60. The van der Waals surface area contributed by atoms with E-state index in [9.17, 15) is 40.4 Å². The van der Waals surface area contributed by atoms with E-state index in [0.29, 0.717) is 5.56 Å². The van der Waals surface area contributed by atoms with E-state index in [0.717, 1.165) is 6.08 Å². The molecule has 1 saturated heterocycles.